The fourth-order valence-electron chi connectivity index (χ4n) is 3.96. The van der Waals surface area contributed by atoms with Gasteiger partial charge in [-0.3, -0.25) is 15.1 Å². The van der Waals surface area contributed by atoms with Gasteiger partial charge in [0, 0.05) is 18.8 Å². The zero-order valence-electron chi connectivity index (χ0n) is 21.0. The number of nitro benzene ring substituents is 1. The molecule has 200 valence electrons. The highest BCUT2D eigenvalue weighted by Gasteiger charge is 2.35. The smallest absolute Gasteiger partial charge is 0.410 e. The summed E-state index contributed by atoms with van der Waals surface area (Å²) in [4.78, 5) is 30.3. The molecule has 2 heterocycles. The molecule has 0 unspecified atom stereocenters. The van der Waals surface area contributed by atoms with Crippen molar-refractivity contribution in [3.05, 3.63) is 81.7 Å². The number of aliphatic hydroxyl groups is 1. The van der Waals surface area contributed by atoms with E-state index in [4.69, 9.17) is 24.1 Å². The molecule has 0 saturated carbocycles. The Kier molecular flexibility index (Phi) is 8.94. The molecule has 38 heavy (non-hydrogen) atoms. The lowest BCUT2D eigenvalue weighted by molar-refractivity contribution is -0.386. The number of fused-ring (bicyclic) bond motifs is 1. The number of nitrogens with zero attached hydrogens (tertiary/aromatic N) is 3. The van der Waals surface area contributed by atoms with Crippen LogP contribution in [-0.4, -0.2) is 46.0 Å². The number of carbonyl (C=O) groups excluding carboxylic acids is 1. The minimum Gasteiger partial charge on any atom is -0.452 e. The van der Waals surface area contributed by atoms with E-state index in [0.717, 1.165) is 11.3 Å². The van der Waals surface area contributed by atoms with Crippen molar-refractivity contribution in [1.82, 2.24) is 9.88 Å². The van der Waals surface area contributed by atoms with E-state index >= 15 is 0 Å². The van der Waals surface area contributed by atoms with Crippen LogP contribution in [0.4, 0.5) is 10.5 Å². The Morgan fingerprint density at radius 3 is 2.63 bits per heavy atom. The summed E-state index contributed by atoms with van der Waals surface area (Å²) in [7, 11) is 0. The number of nitro groups is 1. The maximum absolute atomic E-state index is 13.1. The first-order valence-electron chi connectivity index (χ1n) is 12.2. The van der Waals surface area contributed by atoms with Gasteiger partial charge in [0.25, 0.3) is 0 Å². The predicted molar refractivity (Wildman–Crippen MR) is 136 cm³/mol. The first-order valence-corrected chi connectivity index (χ1v) is 12.2. The van der Waals surface area contributed by atoms with Crippen LogP contribution in [0.5, 0.6) is 23.0 Å². The molecule has 0 fully saturated rings. The first-order chi connectivity index (χ1) is 18.5. The normalized spacial score (nSPS) is 11.7. The highest BCUT2D eigenvalue weighted by Crippen LogP contribution is 2.50. The topological polar surface area (TPSA) is 133 Å². The maximum atomic E-state index is 13.1. The van der Waals surface area contributed by atoms with Crippen molar-refractivity contribution in [2.45, 2.75) is 39.3 Å². The number of aromatic nitrogens is 1. The van der Waals surface area contributed by atoms with Crippen molar-refractivity contribution in [2.75, 3.05) is 19.9 Å². The molecule has 1 aliphatic rings. The molecule has 2 aromatic carbocycles. The van der Waals surface area contributed by atoms with Crippen molar-refractivity contribution < 1.29 is 33.8 Å². The molecular weight excluding hydrogens is 494 g/mol. The van der Waals surface area contributed by atoms with Gasteiger partial charge >= 0.3 is 11.8 Å². The maximum Gasteiger partial charge on any atom is 0.410 e. The van der Waals surface area contributed by atoms with Crippen LogP contribution >= 0.6 is 0 Å². The molecule has 1 amide bonds. The van der Waals surface area contributed by atoms with Crippen LogP contribution in [0, 0.1) is 17.0 Å². The number of carbonyl (C=O) groups is 1. The number of unbranched alkanes of at least 4 members (excludes halogenated alkanes) is 2. The van der Waals surface area contributed by atoms with Crippen molar-refractivity contribution >= 4 is 11.8 Å². The quantitative estimate of drug-likeness (QED) is 0.195. The van der Waals surface area contributed by atoms with Gasteiger partial charge in [0.1, 0.15) is 12.4 Å². The molecule has 1 aromatic heterocycles. The van der Waals surface area contributed by atoms with Crippen LogP contribution in [0.2, 0.25) is 0 Å². The number of hydrogen-bond acceptors (Lipinski definition) is 9. The Labute approximate surface area is 219 Å². The Morgan fingerprint density at radius 1 is 1.13 bits per heavy atom. The van der Waals surface area contributed by atoms with Gasteiger partial charge in [-0.25, -0.2) is 4.79 Å². The predicted octanol–water partition coefficient (Wildman–Crippen LogP) is 5.12. The second kappa shape index (κ2) is 12.7. The van der Waals surface area contributed by atoms with E-state index in [1.807, 2.05) is 37.3 Å². The molecule has 0 aliphatic carbocycles. The number of ether oxygens (including phenoxy) is 4. The average molecular weight is 524 g/mol. The summed E-state index contributed by atoms with van der Waals surface area (Å²) < 4.78 is 22.5. The second-order valence-corrected chi connectivity index (χ2v) is 8.69. The largest absolute Gasteiger partial charge is 0.452 e. The van der Waals surface area contributed by atoms with Gasteiger partial charge in [0.2, 0.25) is 18.3 Å². The minimum absolute atomic E-state index is 0.0423. The summed E-state index contributed by atoms with van der Waals surface area (Å²) in [5.41, 5.74) is 1.52. The van der Waals surface area contributed by atoms with E-state index in [1.54, 1.807) is 12.1 Å². The number of hydrogen-bond donors (Lipinski definition) is 1. The highest BCUT2D eigenvalue weighted by atomic mass is 16.7. The molecular formula is C27H29N3O8. The van der Waals surface area contributed by atoms with Gasteiger partial charge in [-0.1, -0.05) is 30.3 Å². The monoisotopic (exact) mass is 523 g/mol. The summed E-state index contributed by atoms with van der Waals surface area (Å²) >= 11 is 0. The zero-order valence-corrected chi connectivity index (χ0v) is 21.0. The summed E-state index contributed by atoms with van der Waals surface area (Å²) in [6.07, 6.45) is 2.76. The van der Waals surface area contributed by atoms with Crippen molar-refractivity contribution in [1.29, 1.82) is 0 Å². The van der Waals surface area contributed by atoms with Crippen LogP contribution in [0.15, 0.2) is 54.7 Å². The molecule has 1 N–H and O–H groups in total. The third-order valence-corrected chi connectivity index (χ3v) is 5.87. The number of amides is 1. The van der Waals surface area contributed by atoms with Crippen LogP contribution in [0.1, 0.15) is 36.1 Å². The Balaban J connectivity index is 1.62. The number of pyridine rings is 1. The second-order valence-electron chi connectivity index (χ2n) is 8.69. The van der Waals surface area contributed by atoms with E-state index in [1.165, 1.54) is 17.2 Å². The molecule has 0 radical (unpaired) electrons. The average Bonchev–Trinajstić information content (AvgIpc) is 3.40. The molecule has 3 aromatic rings. The molecule has 0 spiro atoms. The number of aliphatic hydroxyl groups excluding tert-OH is 1. The molecule has 11 heteroatoms. The third kappa shape index (κ3) is 6.68. The van der Waals surface area contributed by atoms with Gasteiger partial charge in [-0.2, -0.15) is 0 Å². The lowest BCUT2D eigenvalue weighted by atomic mass is 10.1. The minimum atomic E-state index is -0.616. The van der Waals surface area contributed by atoms with E-state index in [-0.39, 0.29) is 61.6 Å². The van der Waals surface area contributed by atoms with Crippen LogP contribution in [-0.2, 0) is 17.9 Å². The van der Waals surface area contributed by atoms with Crippen molar-refractivity contribution in [3.8, 4) is 23.0 Å². The van der Waals surface area contributed by atoms with Gasteiger partial charge in [-0.15, -0.1) is 0 Å². The van der Waals surface area contributed by atoms with Gasteiger partial charge in [0.15, 0.2) is 5.75 Å². The molecule has 11 nitrogen and oxygen atoms in total. The highest BCUT2D eigenvalue weighted by molar-refractivity contribution is 5.71. The van der Waals surface area contributed by atoms with E-state index in [2.05, 4.69) is 4.98 Å². The van der Waals surface area contributed by atoms with E-state index in [9.17, 15) is 14.9 Å². The Morgan fingerprint density at radius 2 is 1.92 bits per heavy atom. The zero-order chi connectivity index (χ0) is 26.9. The van der Waals surface area contributed by atoms with Crippen molar-refractivity contribution in [2.24, 2.45) is 0 Å². The lowest BCUT2D eigenvalue weighted by Gasteiger charge is -2.23. The summed E-state index contributed by atoms with van der Waals surface area (Å²) in [6, 6.07) is 14.2. The molecule has 1 aliphatic heterocycles. The summed E-state index contributed by atoms with van der Waals surface area (Å²) in [5, 5.41) is 21.2. The molecule has 0 bridgehead atoms. The van der Waals surface area contributed by atoms with Crippen LogP contribution in [0.25, 0.3) is 0 Å². The molecule has 4 rings (SSSR count). The first kappa shape index (κ1) is 26.7. The van der Waals surface area contributed by atoms with Crippen LogP contribution in [0.3, 0.4) is 0 Å². The molecule has 0 atom stereocenters. The Bertz CT molecular complexity index is 1250. The van der Waals surface area contributed by atoms with Gasteiger partial charge in [0.05, 0.1) is 23.2 Å². The summed E-state index contributed by atoms with van der Waals surface area (Å²) in [5.74, 6) is 0.681. The van der Waals surface area contributed by atoms with Gasteiger partial charge in [-0.05, 0) is 49.9 Å². The number of aryl methyl sites for hydroxylation is 1. The van der Waals surface area contributed by atoms with Crippen molar-refractivity contribution in [3.63, 3.8) is 0 Å². The lowest BCUT2D eigenvalue weighted by Crippen LogP contribution is -2.32. The fourth-order valence-corrected chi connectivity index (χ4v) is 3.96. The third-order valence-electron chi connectivity index (χ3n) is 5.87. The standard InChI is InChI=1S/C27H29N3O8/c1-19-10-11-22(15-28-19)38-23-14-21(24(30(33)34)26-25(23)36-18-37-26)16-29(12-6-3-7-13-31)27(32)35-17-20-8-4-2-5-9-20/h2,4-5,8-11,14-15,31H,3,6-7,12-13,16-18H2,1H3. The number of benzene rings is 2. The molecule has 0 saturated heterocycles. The van der Waals surface area contributed by atoms with E-state index < -0.39 is 11.0 Å². The van der Waals surface area contributed by atoms with Gasteiger partial charge < -0.3 is 29.0 Å². The fraction of sp³-hybridized carbons (Fsp3) is 0.333. The van der Waals surface area contributed by atoms with Crippen LogP contribution < -0.4 is 14.2 Å². The SMILES string of the molecule is Cc1ccc(Oc2cc(CN(CCCCCO)C(=O)OCc3ccccc3)c([N+](=O)[O-])c3c2OCO3)cn1. The Hall–Kier alpha value is -4.38. The number of rotatable bonds is 12. The summed E-state index contributed by atoms with van der Waals surface area (Å²) in [6.45, 7) is 1.89. The van der Waals surface area contributed by atoms with E-state index in [0.29, 0.717) is 25.0 Å².